The van der Waals surface area contributed by atoms with E-state index in [0.717, 1.165) is 20.1 Å². The van der Waals surface area contributed by atoms with Crippen molar-refractivity contribution in [3.63, 3.8) is 0 Å². The van der Waals surface area contributed by atoms with Crippen LogP contribution in [0.15, 0.2) is 51.4 Å². The van der Waals surface area contributed by atoms with Gasteiger partial charge in [-0.15, -0.1) is 0 Å². The Balaban J connectivity index is 2.40. The molecule has 2 rings (SSSR count). The molecule has 0 aliphatic rings. The largest absolute Gasteiger partial charge is 0.395 e. The highest BCUT2D eigenvalue weighted by molar-refractivity contribution is 9.10. The van der Waals surface area contributed by atoms with E-state index < -0.39 is 5.41 Å². The van der Waals surface area contributed by atoms with Gasteiger partial charge in [0, 0.05) is 19.4 Å². The molecule has 2 aromatic carbocycles. The lowest BCUT2D eigenvalue weighted by Gasteiger charge is -2.31. The minimum absolute atomic E-state index is 0.155. The summed E-state index contributed by atoms with van der Waals surface area (Å²) in [5, 5.41) is 20.4. The number of aliphatic hydroxyl groups is 2. The predicted molar refractivity (Wildman–Crippen MR) is 92.8 cm³/mol. The summed E-state index contributed by atoms with van der Waals surface area (Å²) in [6, 6.07) is 13.2. The molecule has 2 aromatic rings. The van der Waals surface area contributed by atoms with Crippen molar-refractivity contribution in [2.45, 2.75) is 11.8 Å². The standard InChI is InChI=1S/C16H15Br2ClO2/c17-13-5-2-12(3-6-13)16(9-20,10-21)8-11-1-4-14(18)7-15(11)19/h1-7,20-21H,8-10H2. The van der Waals surface area contributed by atoms with E-state index >= 15 is 0 Å². The number of hydrogen-bond donors (Lipinski definition) is 2. The molecule has 2 N–H and O–H groups in total. The fourth-order valence-corrected chi connectivity index (χ4v) is 3.28. The number of hydrogen-bond acceptors (Lipinski definition) is 2. The van der Waals surface area contributed by atoms with Crippen LogP contribution in [0.25, 0.3) is 0 Å². The summed E-state index contributed by atoms with van der Waals surface area (Å²) in [4.78, 5) is 0. The monoisotopic (exact) mass is 432 g/mol. The Kier molecular flexibility index (Phi) is 5.86. The van der Waals surface area contributed by atoms with Gasteiger partial charge in [0.1, 0.15) is 0 Å². The Morgan fingerprint density at radius 1 is 0.905 bits per heavy atom. The Bertz CT molecular complexity index is 610. The van der Waals surface area contributed by atoms with Gasteiger partial charge >= 0.3 is 0 Å². The van der Waals surface area contributed by atoms with Crippen LogP contribution in [-0.4, -0.2) is 23.4 Å². The normalized spacial score (nSPS) is 11.7. The highest BCUT2D eigenvalue weighted by Gasteiger charge is 2.32. The molecular formula is C16H15Br2ClO2. The summed E-state index contributed by atoms with van der Waals surface area (Å²) >= 11 is 13.0. The molecule has 0 bridgehead atoms. The Morgan fingerprint density at radius 2 is 1.48 bits per heavy atom. The predicted octanol–water partition coefficient (Wildman–Crippen LogP) is 4.33. The van der Waals surface area contributed by atoms with E-state index in [4.69, 9.17) is 11.6 Å². The van der Waals surface area contributed by atoms with Crippen LogP contribution in [0, 0.1) is 0 Å². The molecule has 5 heteroatoms. The quantitative estimate of drug-likeness (QED) is 0.736. The van der Waals surface area contributed by atoms with E-state index in [1.807, 2.05) is 42.5 Å². The van der Waals surface area contributed by atoms with Gasteiger partial charge in [-0.2, -0.15) is 0 Å². The zero-order valence-corrected chi connectivity index (χ0v) is 15.1. The summed E-state index contributed by atoms with van der Waals surface area (Å²) in [7, 11) is 0. The van der Waals surface area contributed by atoms with Gasteiger partial charge in [0.25, 0.3) is 0 Å². The first-order valence-electron chi connectivity index (χ1n) is 6.42. The first-order valence-corrected chi connectivity index (χ1v) is 8.39. The minimum atomic E-state index is -0.752. The second-order valence-electron chi connectivity index (χ2n) is 5.02. The minimum Gasteiger partial charge on any atom is -0.395 e. The number of rotatable bonds is 5. The molecule has 0 radical (unpaired) electrons. The Morgan fingerprint density at radius 3 is 2.00 bits per heavy atom. The molecule has 2 nitrogen and oxygen atoms in total. The first kappa shape index (κ1) is 17.0. The molecule has 0 aromatic heterocycles. The van der Waals surface area contributed by atoms with Crippen molar-refractivity contribution in [3.05, 3.63) is 67.6 Å². The van der Waals surface area contributed by atoms with E-state index in [-0.39, 0.29) is 13.2 Å². The molecule has 0 heterocycles. The molecule has 0 aliphatic carbocycles. The third-order valence-corrected chi connectivity index (χ3v) is 4.98. The molecule has 0 unspecified atom stereocenters. The lowest BCUT2D eigenvalue weighted by atomic mass is 9.77. The molecule has 0 atom stereocenters. The van der Waals surface area contributed by atoms with E-state index in [1.165, 1.54) is 0 Å². The number of benzene rings is 2. The summed E-state index contributed by atoms with van der Waals surface area (Å²) in [5.41, 5.74) is 1.03. The lowest BCUT2D eigenvalue weighted by Crippen LogP contribution is -2.37. The third kappa shape index (κ3) is 3.88. The van der Waals surface area contributed by atoms with Gasteiger partial charge in [-0.05, 0) is 41.8 Å². The zero-order valence-electron chi connectivity index (χ0n) is 11.2. The lowest BCUT2D eigenvalue weighted by molar-refractivity contribution is 0.116. The van der Waals surface area contributed by atoms with Gasteiger partial charge in [0.2, 0.25) is 0 Å². The maximum Gasteiger partial charge on any atom is 0.0553 e. The molecule has 0 amide bonds. The Labute approximate surface area is 146 Å². The molecule has 0 aliphatic heterocycles. The summed E-state index contributed by atoms with van der Waals surface area (Å²) in [6.07, 6.45) is 0.466. The number of halogens is 3. The van der Waals surface area contributed by atoms with Gasteiger partial charge in [-0.3, -0.25) is 0 Å². The van der Waals surface area contributed by atoms with Gasteiger partial charge in [0.15, 0.2) is 0 Å². The van der Waals surface area contributed by atoms with E-state index in [0.29, 0.717) is 11.4 Å². The smallest absolute Gasteiger partial charge is 0.0553 e. The summed E-state index contributed by atoms with van der Waals surface area (Å²) in [5.74, 6) is 0. The van der Waals surface area contributed by atoms with Crippen molar-refractivity contribution in [3.8, 4) is 0 Å². The third-order valence-electron chi connectivity index (χ3n) is 3.61. The highest BCUT2D eigenvalue weighted by atomic mass is 79.9. The van der Waals surface area contributed by atoms with Crippen LogP contribution >= 0.6 is 43.5 Å². The molecule has 0 saturated heterocycles. The maximum absolute atomic E-state index is 9.88. The van der Waals surface area contributed by atoms with Crippen molar-refractivity contribution in [1.29, 1.82) is 0 Å². The van der Waals surface area contributed by atoms with Crippen molar-refractivity contribution < 1.29 is 10.2 Å². The van der Waals surface area contributed by atoms with Crippen LogP contribution in [0.2, 0.25) is 5.02 Å². The second-order valence-corrected chi connectivity index (χ2v) is 7.25. The second kappa shape index (κ2) is 7.25. The van der Waals surface area contributed by atoms with Gasteiger partial charge < -0.3 is 10.2 Å². The van der Waals surface area contributed by atoms with Crippen LogP contribution < -0.4 is 0 Å². The van der Waals surface area contributed by atoms with Crippen LogP contribution in [0.5, 0.6) is 0 Å². The molecule has 0 saturated carbocycles. The number of aliphatic hydroxyl groups excluding tert-OH is 2. The molecule has 112 valence electrons. The Hall–Kier alpha value is -0.390. The van der Waals surface area contributed by atoms with Crippen molar-refractivity contribution >= 4 is 43.5 Å². The average molecular weight is 435 g/mol. The first-order chi connectivity index (χ1) is 10.0. The van der Waals surface area contributed by atoms with Crippen LogP contribution in [0.1, 0.15) is 11.1 Å². The fraction of sp³-hybridized carbons (Fsp3) is 0.250. The van der Waals surface area contributed by atoms with Crippen LogP contribution in [0.4, 0.5) is 0 Å². The molecular weight excluding hydrogens is 419 g/mol. The fourth-order valence-electron chi connectivity index (χ4n) is 2.28. The van der Waals surface area contributed by atoms with E-state index in [1.54, 1.807) is 0 Å². The molecule has 21 heavy (non-hydrogen) atoms. The van der Waals surface area contributed by atoms with Crippen molar-refractivity contribution in [1.82, 2.24) is 0 Å². The molecule has 0 spiro atoms. The van der Waals surface area contributed by atoms with Crippen LogP contribution in [-0.2, 0) is 11.8 Å². The van der Waals surface area contributed by atoms with Crippen molar-refractivity contribution in [2.24, 2.45) is 0 Å². The summed E-state index contributed by atoms with van der Waals surface area (Å²) in [6.45, 7) is -0.310. The summed E-state index contributed by atoms with van der Waals surface area (Å²) < 4.78 is 1.86. The maximum atomic E-state index is 9.88. The van der Waals surface area contributed by atoms with Gasteiger partial charge in [0.05, 0.1) is 13.2 Å². The molecule has 0 fully saturated rings. The zero-order chi connectivity index (χ0) is 15.5. The SMILES string of the molecule is OCC(CO)(Cc1ccc(Br)cc1Cl)c1ccc(Br)cc1. The average Bonchev–Trinajstić information content (AvgIpc) is 2.48. The van der Waals surface area contributed by atoms with E-state index in [9.17, 15) is 10.2 Å². The van der Waals surface area contributed by atoms with Crippen LogP contribution in [0.3, 0.4) is 0 Å². The van der Waals surface area contributed by atoms with Gasteiger partial charge in [-0.25, -0.2) is 0 Å². The topological polar surface area (TPSA) is 40.5 Å². The van der Waals surface area contributed by atoms with E-state index in [2.05, 4.69) is 31.9 Å². The van der Waals surface area contributed by atoms with Gasteiger partial charge in [-0.1, -0.05) is 61.7 Å². The highest BCUT2D eigenvalue weighted by Crippen LogP contribution is 2.32. The van der Waals surface area contributed by atoms with Crippen molar-refractivity contribution in [2.75, 3.05) is 13.2 Å².